The van der Waals surface area contributed by atoms with Gasteiger partial charge in [0.25, 0.3) is 0 Å². The van der Waals surface area contributed by atoms with E-state index in [-0.39, 0.29) is 31.8 Å². The van der Waals surface area contributed by atoms with Crippen molar-refractivity contribution in [2.45, 2.75) is 63.1 Å². The number of aliphatic hydroxyl groups excluding tert-OH is 2. The molecule has 1 aliphatic rings. The van der Waals surface area contributed by atoms with Crippen molar-refractivity contribution >= 4 is 63.7 Å². The second-order valence-corrected chi connectivity index (χ2v) is 12.7. The average molecular weight is 768 g/mol. The fourth-order valence-electron chi connectivity index (χ4n) is 4.63. The zero-order valence-electron chi connectivity index (χ0n) is 20.7. The van der Waals surface area contributed by atoms with Crippen LogP contribution in [0, 0.1) is 12.3 Å². The van der Waals surface area contributed by atoms with E-state index in [1.165, 1.54) is 17.5 Å². The Morgan fingerprint density at radius 1 is 0.811 bits per heavy atom. The lowest BCUT2D eigenvalue weighted by Gasteiger charge is -2.39. The number of aliphatic hydroxyl groups is 2. The van der Waals surface area contributed by atoms with Crippen molar-refractivity contribution in [1.29, 1.82) is 0 Å². The molecule has 2 aromatic rings. The van der Waals surface area contributed by atoms with Crippen LogP contribution in [0.15, 0.2) is 42.2 Å². The number of ether oxygens (including phenoxy) is 3. The van der Waals surface area contributed by atoms with Crippen LogP contribution in [0.25, 0.3) is 0 Å². The lowest BCUT2D eigenvalue weighted by molar-refractivity contribution is 0.0225. The minimum absolute atomic E-state index is 0.0837. The summed E-state index contributed by atoms with van der Waals surface area (Å²) in [4.78, 5) is 0. The molecule has 3 rings (SSSR count). The Hall–Kier alpha value is -0.600. The Balaban J connectivity index is 1.90. The number of halogens is 4. The first-order valence-corrected chi connectivity index (χ1v) is 15.5. The van der Waals surface area contributed by atoms with Crippen LogP contribution < -0.4 is 9.47 Å². The number of hydrogen-bond donors (Lipinski definition) is 2. The standard InChI is InChI=1S/C28H32Br4O5/c1-3-10-35-15-21(34)17-37-27-24(31)13-19(14-25(27)32)28(8-6-5-7-9-28)18-11-22(29)26(23(30)12-18)36-16-20(33)4-2/h1,11-14,20-21,33-34H,4-10,15-17H2,2H3. The monoisotopic (exact) mass is 764 g/mol. The fraction of sp³-hybridized carbons (Fsp3) is 0.500. The van der Waals surface area contributed by atoms with Gasteiger partial charge in [-0.1, -0.05) is 32.1 Å². The first kappa shape index (κ1) is 30.9. The maximum atomic E-state index is 10.1. The van der Waals surface area contributed by atoms with E-state index in [1.807, 2.05) is 6.92 Å². The van der Waals surface area contributed by atoms with Crippen LogP contribution in [-0.4, -0.2) is 48.8 Å². The molecule has 2 atom stereocenters. The maximum absolute atomic E-state index is 10.1. The maximum Gasteiger partial charge on any atom is 0.147 e. The molecule has 2 unspecified atom stereocenters. The van der Waals surface area contributed by atoms with Gasteiger partial charge in [0.1, 0.15) is 37.4 Å². The summed E-state index contributed by atoms with van der Waals surface area (Å²) in [7, 11) is 0. The molecule has 2 aromatic carbocycles. The molecule has 0 amide bonds. The Bertz CT molecular complexity index is 1050. The quantitative estimate of drug-likeness (QED) is 0.173. The van der Waals surface area contributed by atoms with Gasteiger partial charge in [-0.25, -0.2) is 0 Å². The third-order valence-electron chi connectivity index (χ3n) is 6.62. The lowest BCUT2D eigenvalue weighted by atomic mass is 9.65. The molecule has 0 radical (unpaired) electrons. The van der Waals surface area contributed by atoms with E-state index in [0.717, 1.165) is 43.6 Å². The molecule has 1 saturated carbocycles. The van der Waals surface area contributed by atoms with Gasteiger partial charge in [-0.05, 0) is 118 Å². The molecule has 2 N–H and O–H groups in total. The number of benzene rings is 2. The third kappa shape index (κ3) is 7.97. The molecular weight excluding hydrogens is 736 g/mol. The van der Waals surface area contributed by atoms with Crippen molar-refractivity contribution in [1.82, 2.24) is 0 Å². The van der Waals surface area contributed by atoms with Gasteiger partial charge in [0, 0.05) is 5.41 Å². The van der Waals surface area contributed by atoms with Gasteiger partial charge in [0.15, 0.2) is 0 Å². The summed E-state index contributed by atoms with van der Waals surface area (Å²) in [6.45, 7) is 2.52. The van der Waals surface area contributed by atoms with E-state index >= 15 is 0 Å². The SMILES string of the molecule is C#CCOCC(O)COc1c(Br)cc(C2(c3cc(Br)c(OCC(O)CC)c(Br)c3)CCCCC2)cc1Br. The zero-order chi connectivity index (χ0) is 27.0. The van der Waals surface area contributed by atoms with E-state index in [2.05, 4.69) is 93.9 Å². The molecule has 1 fully saturated rings. The van der Waals surface area contributed by atoms with Gasteiger partial charge < -0.3 is 24.4 Å². The Kier molecular flexibility index (Phi) is 12.3. The summed E-state index contributed by atoms with van der Waals surface area (Å²) in [6, 6.07) is 8.53. The summed E-state index contributed by atoms with van der Waals surface area (Å²) < 4.78 is 20.4. The second-order valence-electron chi connectivity index (χ2n) is 9.24. The van der Waals surface area contributed by atoms with Crippen molar-refractivity contribution in [3.8, 4) is 23.8 Å². The first-order chi connectivity index (χ1) is 17.7. The molecule has 0 spiro atoms. The van der Waals surface area contributed by atoms with E-state index in [4.69, 9.17) is 20.6 Å². The van der Waals surface area contributed by atoms with Gasteiger partial charge in [-0.2, -0.15) is 0 Å². The molecule has 0 heterocycles. The summed E-state index contributed by atoms with van der Waals surface area (Å²) in [5, 5.41) is 20.1. The van der Waals surface area contributed by atoms with Crippen LogP contribution in [0.4, 0.5) is 0 Å². The summed E-state index contributed by atoms with van der Waals surface area (Å²) >= 11 is 14.8. The highest BCUT2D eigenvalue weighted by Gasteiger charge is 2.37. The Labute approximate surface area is 253 Å². The molecule has 0 aromatic heterocycles. The van der Waals surface area contributed by atoms with Crippen molar-refractivity contribution in [3.05, 3.63) is 53.3 Å². The van der Waals surface area contributed by atoms with E-state index in [0.29, 0.717) is 17.9 Å². The highest BCUT2D eigenvalue weighted by Crippen LogP contribution is 2.50. The minimum Gasteiger partial charge on any atom is -0.489 e. The number of rotatable bonds is 12. The Morgan fingerprint density at radius 3 is 1.70 bits per heavy atom. The summed E-state index contributed by atoms with van der Waals surface area (Å²) in [5.41, 5.74) is 2.20. The van der Waals surface area contributed by atoms with Crippen LogP contribution in [-0.2, 0) is 10.2 Å². The lowest BCUT2D eigenvalue weighted by Crippen LogP contribution is -2.31. The van der Waals surface area contributed by atoms with Crippen molar-refractivity contribution in [2.75, 3.05) is 26.4 Å². The smallest absolute Gasteiger partial charge is 0.147 e. The van der Waals surface area contributed by atoms with E-state index in [9.17, 15) is 10.2 Å². The average Bonchev–Trinajstić information content (AvgIpc) is 2.87. The van der Waals surface area contributed by atoms with Gasteiger partial charge in [-0.15, -0.1) is 6.42 Å². The molecule has 1 aliphatic carbocycles. The summed E-state index contributed by atoms with van der Waals surface area (Å²) in [6.07, 6.45) is 10.0. The second kappa shape index (κ2) is 14.7. The van der Waals surface area contributed by atoms with E-state index in [1.54, 1.807) is 0 Å². The van der Waals surface area contributed by atoms with Crippen molar-refractivity contribution in [3.63, 3.8) is 0 Å². The minimum atomic E-state index is -0.787. The largest absolute Gasteiger partial charge is 0.489 e. The van der Waals surface area contributed by atoms with Gasteiger partial charge in [-0.3, -0.25) is 0 Å². The molecule has 0 bridgehead atoms. The van der Waals surface area contributed by atoms with Crippen molar-refractivity contribution in [2.24, 2.45) is 0 Å². The van der Waals surface area contributed by atoms with Gasteiger partial charge in [0.05, 0.1) is 30.6 Å². The molecule has 0 aliphatic heterocycles. The number of hydrogen-bond acceptors (Lipinski definition) is 5. The van der Waals surface area contributed by atoms with Crippen LogP contribution in [0.1, 0.15) is 56.6 Å². The van der Waals surface area contributed by atoms with Gasteiger partial charge in [0.2, 0.25) is 0 Å². The van der Waals surface area contributed by atoms with Crippen LogP contribution >= 0.6 is 63.7 Å². The molecular formula is C28H32Br4O5. The van der Waals surface area contributed by atoms with Gasteiger partial charge >= 0.3 is 0 Å². The fourth-order valence-corrected chi connectivity index (χ4v) is 7.46. The molecule has 5 nitrogen and oxygen atoms in total. The topological polar surface area (TPSA) is 68.2 Å². The highest BCUT2D eigenvalue weighted by atomic mass is 79.9. The highest BCUT2D eigenvalue weighted by molar-refractivity contribution is 9.11. The number of terminal acetylenes is 1. The predicted octanol–water partition coefficient (Wildman–Crippen LogP) is 7.53. The molecule has 37 heavy (non-hydrogen) atoms. The van der Waals surface area contributed by atoms with Crippen LogP contribution in [0.5, 0.6) is 11.5 Å². The summed E-state index contributed by atoms with van der Waals surface area (Å²) in [5.74, 6) is 3.70. The van der Waals surface area contributed by atoms with Crippen LogP contribution in [0.2, 0.25) is 0 Å². The normalized spacial score (nSPS) is 16.6. The Morgan fingerprint density at radius 2 is 1.27 bits per heavy atom. The van der Waals surface area contributed by atoms with Crippen LogP contribution in [0.3, 0.4) is 0 Å². The third-order valence-corrected chi connectivity index (χ3v) is 8.97. The first-order valence-electron chi connectivity index (χ1n) is 12.3. The van der Waals surface area contributed by atoms with Crippen molar-refractivity contribution < 1.29 is 24.4 Å². The predicted molar refractivity (Wildman–Crippen MR) is 160 cm³/mol. The molecule has 202 valence electrons. The zero-order valence-corrected chi connectivity index (χ0v) is 27.1. The van der Waals surface area contributed by atoms with E-state index < -0.39 is 12.2 Å². The molecule has 9 heteroatoms. The molecule has 0 saturated heterocycles.